The van der Waals surface area contributed by atoms with Crippen LogP contribution in [0.2, 0.25) is 5.02 Å². The van der Waals surface area contributed by atoms with E-state index in [0.717, 1.165) is 24.8 Å². The van der Waals surface area contributed by atoms with Gasteiger partial charge in [-0.3, -0.25) is 0 Å². The van der Waals surface area contributed by atoms with Crippen LogP contribution in [-0.4, -0.2) is 18.9 Å². The number of carbonyl (C=O) groups is 1. The molecule has 15 heavy (non-hydrogen) atoms. The first kappa shape index (κ1) is 10.6. The van der Waals surface area contributed by atoms with Gasteiger partial charge < -0.3 is 10.1 Å². The van der Waals surface area contributed by atoms with Gasteiger partial charge in [0.2, 0.25) is 0 Å². The first-order chi connectivity index (χ1) is 7.22. The quantitative estimate of drug-likeness (QED) is 0.785. The molecule has 0 radical (unpaired) electrons. The topological polar surface area (TPSA) is 29.1 Å². The van der Waals surface area contributed by atoms with Gasteiger partial charge in [-0.2, -0.15) is 0 Å². The third kappa shape index (κ3) is 2.03. The molecule has 1 saturated heterocycles. The Hall–Kier alpha value is -0.930. The summed E-state index contributed by atoms with van der Waals surface area (Å²) in [6.45, 7) is 0.809. The maximum absolute atomic E-state index is 12.9. The summed E-state index contributed by atoms with van der Waals surface area (Å²) in [5, 5.41) is 3.20. The molecule has 1 fully saturated rings. The molecule has 2 unspecified atom stereocenters. The van der Waals surface area contributed by atoms with Gasteiger partial charge in [0.25, 0.3) is 0 Å². The molecule has 2 nitrogen and oxygen atoms in total. The highest BCUT2D eigenvalue weighted by Gasteiger charge is 2.27. The van der Waals surface area contributed by atoms with Crippen molar-refractivity contribution >= 4 is 17.9 Å². The number of benzene rings is 1. The molecule has 1 aliphatic rings. The summed E-state index contributed by atoms with van der Waals surface area (Å²) in [6, 6.07) is 4.46. The average molecular weight is 228 g/mol. The number of rotatable bonds is 2. The summed E-state index contributed by atoms with van der Waals surface area (Å²) in [7, 11) is 0. The molecule has 4 heteroatoms. The minimum atomic E-state index is -0.422. The van der Waals surface area contributed by atoms with E-state index in [1.165, 1.54) is 6.07 Å². The van der Waals surface area contributed by atoms with Gasteiger partial charge in [-0.1, -0.05) is 17.7 Å². The zero-order valence-corrected chi connectivity index (χ0v) is 8.80. The normalized spacial score (nSPS) is 25.5. The molecule has 2 rings (SSSR count). The van der Waals surface area contributed by atoms with Crippen LogP contribution in [0.1, 0.15) is 17.9 Å². The van der Waals surface area contributed by atoms with E-state index >= 15 is 0 Å². The number of carbonyl (C=O) groups excluding carboxylic acids is 1. The Morgan fingerprint density at radius 1 is 1.53 bits per heavy atom. The second-order valence-electron chi connectivity index (χ2n) is 3.68. The first-order valence-electron chi connectivity index (χ1n) is 4.86. The molecule has 2 atom stereocenters. The number of halogens is 2. The zero-order valence-electron chi connectivity index (χ0n) is 8.04. The maximum atomic E-state index is 12.9. The lowest BCUT2D eigenvalue weighted by Crippen LogP contribution is -2.27. The van der Waals surface area contributed by atoms with Crippen LogP contribution in [0.3, 0.4) is 0 Å². The standard InChI is InChI=1S/C11H11ClFNO/c12-9-5-7(1-2-10(9)13)8-3-4-14-11(8)6-15/h1-2,5-6,8,11,14H,3-4H2. The van der Waals surface area contributed by atoms with Crippen molar-refractivity contribution in [2.75, 3.05) is 6.54 Å². The summed E-state index contributed by atoms with van der Waals surface area (Å²) in [4.78, 5) is 10.8. The van der Waals surface area contributed by atoms with E-state index in [2.05, 4.69) is 5.32 Å². The van der Waals surface area contributed by atoms with Crippen LogP contribution in [0, 0.1) is 5.82 Å². The molecule has 1 heterocycles. The minimum Gasteiger partial charge on any atom is -0.307 e. The lowest BCUT2D eigenvalue weighted by molar-refractivity contribution is -0.109. The van der Waals surface area contributed by atoms with Crippen molar-refractivity contribution in [2.24, 2.45) is 0 Å². The summed E-state index contributed by atoms with van der Waals surface area (Å²) >= 11 is 5.70. The Morgan fingerprint density at radius 2 is 2.33 bits per heavy atom. The number of hydrogen-bond donors (Lipinski definition) is 1. The lowest BCUT2D eigenvalue weighted by atomic mass is 9.93. The van der Waals surface area contributed by atoms with Gasteiger partial charge in [-0.05, 0) is 30.7 Å². The van der Waals surface area contributed by atoms with Gasteiger partial charge in [-0.25, -0.2) is 4.39 Å². The number of hydrogen-bond acceptors (Lipinski definition) is 2. The van der Waals surface area contributed by atoms with Crippen molar-refractivity contribution in [3.63, 3.8) is 0 Å². The van der Waals surface area contributed by atoms with E-state index in [1.54, 1.807) is 12.1 Å². The summed E-state index contributed by atoms with van der Waals surface area (Å²) in [5.74, 6) is -0.311. The van der Waals surface area contributed by atoms with Gasteiger partial charge in [0.15, 0.2) is 0 Å². The Morgan fingerprint density at radius 3 is 3.00 bits per heavy atom. The molecule has 0 amide bonds. The fraction of sp³-hybridized carbons (Fsp3) is 0.364. The summed E-state index contributed by atoms with van der Waals surface area (Å²) < 4.78 is 12.9. The van der Waals surface area contributed by atoms with Gasteiger partial charge in [0.05, 0.1) is 11.1 Å². The van der Waals surface area contributed by atoms with Gasteiger partial charge in [0, 0.05) is 5.92 Å². The molecule has 0 spiro atoms. The molecule has 1 aromatic rings. The molecule has 0 aromatic heterocycles. The second kappa shape index (κ2) is 4.29. The van der Waals surface area contributed by atoms with Crippen molar-refractivity contribution in [1.82, 2.24) is 5.32 Å². The van der Waals surface area contributed by atoms with Crippen molar-refractivity contribution < 1.29 is 9.18 Å². The molecule has 1 aromatic carbocycles. The van der Waals surface area contributed by atoms with Gasteiger partial charge in [0.1, 0.15) is 12.1 Å². The molecular weight excluding hydrogens is 217 g/mol. The van der Waals surface area contributed by atoms with E-state index in [4.69, 9.17) is 11.6 Å². The molecule has 0 aliphatic carbocycles. The SMILES string of the molecule is O=CC1NCCC1c1ccc(F)c(Cl)c1. The molecule has 0 saturated carbocycles. The van der Waals surface area contributed by atoms with Crippen LogP contribution >= 0.6 is 11.6 Å². The second-order valence-corrected chi connectivity index (χ2v) is 4.09. The Kier molecular flexibility index (Phi) is 3.03. The van der Waals surface area contributed by atoms with Crippen molar-refractivity contribution in [2.45, 2.75) is 18.4 Å². The van der Waals surface area contributed by atoms with Crippen LogP contribution in [0.15, 0.2) is 18.2 Å². The lowest BCUT2D eigenvalue weighted by Gasteiger charge is -2.14. The molecular formula is C11H11ClFNO. The number of aldehydes is 1. The highest BCUT2D eigenvalue weighted by Crippen LogP contribution is 2.29. The fourth-order valence-corrected chi connectivity index (χ4v) is 2.18. The van der Waals surface area contributed by atoms with Crippen molar-refractivity contribution in [3.05, 3.63) is 34.6 Å². The van der Waals surface area contributed by atoms with Crippen LogP contribution in [-0.2, 0) is 4.79 Å². The summed E-state index contributed by atoms with van der Waals surface area (Å²) in [5.41, 5.74) is 0.920. The first-order valence-corrected chi connectivity index (χ1v) is 5.24. The van der Waals surface area contributed by atoms with Crippen LogP contribution in [0.5, 0.6) is 0 Å². The van der Waals surface area contributed by atoms with Crippen LogP contribution < -0.4 is 5.32 Å². The van der Waals surface area contributed by atoms with Gasteiger partial charge >= 0.3 is 0 Å². The average Bonchev–Trinajstić information content (AvgIpc) is 2.70. The van der Waals surface area contributed by atoms with Crippen molar-refractivity contribution in [3.8, 4) is 0 Å². The molecule has 80 valence electrons. The maximum Gasteiger partial charge on any atom is 0.141 e. The highest BCUT2D eigenvalue weighted by molar-refractivity contribution is 6.30. The monoisotopic (exact) mass is 227 g/mol. The molecule has 1 aliphatic heterocycles. The van der Waals surface area contributed by atoms with E-state index < -0.39 is 5.82 Å². The van der Waals surface area contributed by atoms with Crippen molar-refractivity contribution in [1.29, 1.82) is 0 Å². The van der Waals surface area contributed by atoms with E-state index in [0.29, 0.717) is 0 Å². The Labute approximate surface area is 92.4 Å². The van der Waals surface area contributed by atoms with E-state index in [-0.39, 0.29) is 17.0 Å². The van der Waals surface area contributed by atoms with Crippen LogP contribution in [0.4, 0.5) is 4.39 Å². The summed E-state index contributed by atoms with van der Waals surface area (Å²) in [6.07, 6.45) is 1.78. The molecule has 0 bridgehead atoms. The Balaban J connectivity index is 2.28. The minimum absolute atomic E-state index is 0.112. The fourth-order valence-electron chi connectivity index (χ4n) is 1.99. The smallest absolute Gasteiger partial charge is 0.141 e. The van der Waals surface area contributed by atoms with E-state index in [9.17, 15) is 9.18 Å². The third-order valence-electron chi connectivity index (χ3n) is 2.79. The third-order valence-corrected chi connectivity index (χ3v) is 3.08. The number of nitrogens with one attached hydrogen (secondary N) is 1. The largest absolute Gasteiger partial charge is 0.307 e. The molecule has 1 N–H and O–H groups in total. The van der Waals surface area contributed by atoms with Crippen LogP contribution in [0.25, 0.3) is 0 Å². The highest BCUT2D eigenvalue weighted by atomic mass is 35.5. The predicted molar refractivity (Wildman–Crippen MR) is 56.6 cm³/mol. The van der Waals surface area contributed by atoms with E-state index in [1.807, 2.05) is 0 Å². The zero-order chi connectivity index (χ0) is 10.8. The van der Waals surface area contributed by atoms with Gasteiger partial charge in [-0.15, -0.1) is 0 Å². The Bertz CT molecular complexity index is 383. The predicted octanol–water partition coefficient (Wildman–Crippen LogP) is 2.12.